The lowest BCUT2D eigenvalue weighted by molar-refractivity contribution is -0.384. The van der Waals surface area contributed by atoms with Crippen molar-refractivity contribution in [3.63, 3.8) is 0 Å². The number of nitro benzene ring substituents is 1. The Hall–Kier alpha value is -3.67. The smallest absolute Gasteiger partial charge is 0.298 e. The molecule has 1 aromatic carbocycles. The highest BCUT2D eigenvalue weighted by Gasteiger charge is 2.18. The molecule has 134 valence electrons. The van der Waals surface area contributed by atoms with Crippen molar-refractivity contribution in [1.29, 1.82) is 5.26 Å². The Bertz CT molecular complexity index is 1000. The van der Waals surface area contributed by atoms with Gasteiger partial charge in [-0.05, 0) is 31.5 Å². The van der Waals surface area contributed by atoms with Crippen LogP contribution in [-0.4, -0.2) is 27.4 Å². The summed E-state index contributed by atoms with van der Waals surface area (Å²) in [5.41, 5.74) is -0.615. The van der Waals surface area contributed by atoms with Gasteiger partial charge in [0.1, 0.15) is 23.1 Å². The van der Waals surface area contributed by atoms with Crippen LogP contribution >= 0.6 is 0 Å². The van der Waals surface area contributed by atoms with Crippen molar-refractivity contribution >= 4 is 17.6 Å². The normalized spacial score (nSPS) is 10.7. The van der Waals surface area contributed by atoms with Crippen molar-refractivity contribution < 1.29 is 14.8 Å². The molecule has 0 fully saturated rings. The van der Waals surface area contributed by atoms with Gasteiger partial charge >= 0.3 is 0 Å². The molecule has 2 aromatic rings. The number of benzene rings is 1. The Balaban J connectivity index is 2.58. The van der Waals surface area contributed by atoms with Gasteiger partial charge in [-0.2, -0.15) is 5.26 Å². The Morgan fingerprint density at radius 1 is 1.50 bits per heavy atom. The van der Waals surface area contributed by atoms with Crippen molar-refractivity contribution in [3.05, 3.63) is 55.4 Å². The summed E-state index contributed by atoms with van der Waals surface area (Å²) in [6.45, 7) is 3.62. The number of hydrogen-bond acceptors (Lipinski definition) is 7. The van der Waals surface area contributed by atoms with Crippen LogP contribution in [-0.2, 0) is 7.05 Å². The summed E-state index contributed by atoms with van der Waals surface area (Å²) in [6.07, 6.45) is 1.19. The third-order valence-corrected chi connectivity index (χ3v) is 3.76. The van der Waals surface area contributed by atoms with Gasteiger partial charge in [0.2, 0.25) is 5.88 Å². The van der Waals surface area contributed by atoms with E-state index in [4.69, 9.17) is 10.00 Å². The van der Waals surface area contributed by atoms with Crippen LogP contribution < -0.4 is 10.3 Å². The number of aromatic nitrogens is 1. The Morgan fingerprint density at radius 3 is 2.77 bits per heavy atom. The first-order valence-corrected chi connectivity index (χ1v) is 7.59. The summed E-state index contributed by atoms with van der Waals surface area (Å²) in [5, 5.41) is 30.5. The molecular weight excluding hydrogens is 340 g/mol. The van der Waals surface area contributed by atoms with Gasteiger partial charge in [-0.1, -0.05) is 0 Å². The van der Waals surface area contributed by atoms with Crippen LogP contribution in [0.5, 0.6) is 11.6 Å². The largest absolute Gasteiger partial charge is 0.494 e. The predicted octanol–water partition coefficient (Wildman–Crippen LogP) is 2.33. The van der Waals surface area contributed by atoms with Crippen molar-refractivity contribution in [2.75, 3.05) is 6.61 Å². The molecule has 0 saturated carbocycles. The van der Waals surface area contributed by atoms with E-state index in [1.807, 2.05) is 0 Å². The van der Waals surface area contributed by atoms with E-state index < -0.39 is 10.5 Å². The molecule has 0 unspecified atom stereocenters. The van der Waals surface area contributed by atoms with Gasteiger partial charge in [0.15, 0.2) is 0 Å². The lowest BCUT2D eigenvalue weighted by Crippen LogP contribution is -2.22. The number of hydrogen-bond donors (Lipinski definition) is 1. The average molecular weight is 356 g/mol. The standard InChI is InChI=1S/C17H16N4O5/c1-4-26-11-5-6-14(15(7-11)21(24)25)19-9-13-10(2)12(8-18)16(22)20(3)17(13)23/h5-7,9,23H,4H2,1-3H3. The van der Waals surface area contributed by atoms with Crippen molar-refractivity contribution in [3.8, 4) is 17.7 Å². The minimum Gasteiger partial charge on any atom is -0.494 e. The summed E-state index contributed by atoms with van der Waals surface area (Å²) in [6, 6.07) is 6.00. The molecule has 0 atom stereocenters. The zero-order chi connectivity index (χ0) is 19.4. The van der Waals surface area contributed by atoms with Gasteiger partial charge < -0.3 is 9.84 Å². The maximum absolute atomic E-state index is 11.9. The van der Waals surface area contributed by atoms with Crippen molar-refractivity contribution in [1.82, 2.24) is 4.57 Å². The summed E-state index contributed by atoms with van der Waals surface area (Å²) < 4.78 is 6.16. The molecule has 9 nitrogen and oxygen atoms in total. The first kappa shape index (κ1) is 18.7. The van der Waals surface area contributed by atoms with E-state index >= 15 is 0 Å². The number of ether oxygens (including phenoxy) is 1. The molecule has 0 aliphatic carbocycles. The fourth-order valence-corrected chi connectivity index (χ4v) is 2.34. The Morgan fingerprint density at radius 2 is 2.19 bits per heavy atom. The maximum atomic E-state index is 11.9. The van der Waals surface area contributed by atoms with Crippen LogP contribution in [0.1, 0.15) is 23.6 Å². The molecule has 0 aliphatic rings. The SMILES string of the molecule is CCOc1ccc(N=Cc2c(C)c(C#N)c(=O)n(C)c2O)c([N+](=O)[O-])c1. The topological polar surface area (TPSA) is 131 Å². The fraction of sp³-hybridized carbons (Fsp3) is 0.235. The molecule has 0 bridgehead atoms. The van der Waals surface area contributed by atoms with Crippen molar-refractivity contribution in [2.45, 2.75) is 13.8 Å². The molecule has 0 radical (unpaired) electrons. The number of aliphatic imine (C=N–C) groups is 1. The fourth-order valence-electron chi connectivity index (χ4n) is 2.34. The van der Waals surface area contributed by atoms with E-state index in [0.29, 0.717) is 12.4 Å². The highest BCUT2D eigenvalue weighted by atomic mass is 16.6. The molecule has 2 rings (SSSR count). The highest BCUT2D eigenvalue weighted by molar-refractivity contribution is 5.88. The summed E-state index contributed by atoms with van der Waals surface area (Å²) in [7, 11) is 1.31. The number of nitrogens with zero attached hydrogens (tertiary/aromatic N) is 4. The molecule has 0 aliphatic heterocycles. The van der Waals surface area contributed by atoms with Crippen LogP contribution in [0.3, 0.4) is 0 Å². The van der Waals surface area contributed by atoms with E-state index in [1.54, 1.807) is 13.0 Å². The lowest BCUT2D eigenvalue weighted by atomic mass is 10.1. The van der Waals surface area contributed by atoms with Gasteiger partial charge in [0.25, 0.3) is 11.2 Å². The number of nitriles is 1. The second-order valence-corrected chi connectivity index (χ2v) is 5.31. The van der Waals surface area contributed by atoms with Crippen LogP contribution in [0.25, 0.3) is 0 Å². The Kier molecular flexibility index (Phi) is 5.37. The number of nitro groups is 1. The molecule has 9 heteroatoms. The zero-order valence-electron chi connectivity index (χ0n) is 14.4. The molecule has 0 spiro atoms. The Labute approximate surface area is 148 Å². The molecule has 1 heterocycles. The van der Waals surface area contributed by atoms with Gasteiger partial charge in [0, 0.05) is 13.3 Å². The lowest BCUT2D eigenvalue weighted by Gasteiger charge is -2.09. The van der Waals surface area contributed by atoms with Gasteiger partial charge in [-0.3, -0.25) is 19.5 Å². The molecule has 1 N–H and O–H groups in total. The van der Waals surface area contributed by atoms with Crippen LogP contribution in [0.2, 0.25) is 0 Å². The van der Waals surface area contributed by atoms with Crippen LogP contribution in [0.4, 0.5) is 11.4 Å². The highest BCUT2D eigenvalue weighted by Crippen LogP contribution is 2.32. The summed E-state index contributed by atoms with van der Waals surface area (Å²) in [5.74, 6) is -0.0464. The third kappa shape index (κ3) is 3.39. The average Bonchev–Trinajstić information content (AvgIpc) is 2.61. The second kappa shape index (κ2) is 7.48. The molecule has 0 saturated heterocycles. The second-order valence-electron chi connectivity index (χ2n) is 5.31. The quantitative estimate of drug-likeness (QED) is 0.497. The van der Waals surface area contributed by atoms with Gasteiger partial charge in [-0.15, -0.1) is 0 Å². The number of rotatable bonds is 5. The minimum atomic E-state index is -0.633. The number of aromatic hydroxyl groups is 1. The van der Waals surface area contributed by atoms with E-state index in [0.717, 1.165) is 4.57 Å². The molecule has 0 amide bonds. The summed E-state index contributed by atoms with van der Waals surface area (Å²) >= 11 is 0. The summed E-state index contributed by atoms with van der Waals surface area (Å²) in [4.78, 5) is 26.7. The zero-order valence-corrected chi connectivity index (χ0v) is 14.4. The molecule has 26 heavy (non-hydrogen) atoms. The molecular formula is C17H16N4O5. The van der Waals surface area contributed by atoms with Crippen LogP contribution in [0.15, 0.2) is 28.0 Å². The van der Waals surface area contributed by atoms with Crippen LogP contribution in [0, 0.1) is 28.4 Å². The van der Waals surface area contributed by atoms with E-state index in [1.165, 1.54) is 38.4 Å². The van der Waals surface area contributed by atoms with E-state index in [2.05, 4.69) is 4.99 Å². The van der Waals surface area contributed by atoms with Gasteiger partial charge in [0.05, 0.1) is 23.2 Å². The minimum absolute atomic E-state index is 0.0459. The first-order chi connectivity index (χ1) is 12.3. The first-order valence-electron chi connectivity index (χ1n) is 7.59. The van der Waals surface area contributed by atoms with Gasteiger partial charge in [-0.25, -0.2) is 4.99 Å². The monoisotopic (exact) mass is 356 g/mol. The van der Waals surface area contributed by atoms with E-state index in [9.17, 15) is 20.0 Å². The third-order valence-electron chi connectivity index (χ3n) is 3.76. The number of pyridine rings is 1. The predicted molar refractivity (Wildman–Crippen MR) is 94.3 cm³/mol. The van der Waals surface area contributed by atoms with E-state index in [-0.39, 0.29) is 33.9 Å². The van der Waals surface area contributed by atoms with Crippen molar-refractivity contribution in [2.24, 2.45) is 12.0 Å². The maximum Gasteiger partial charge on any atom is 0.298 e. The molecule has 1 aromatic heterocycles.